The van der Waals surface area contributed by atoms with Gasteiger partial charge < -0.3 is 11.5 Å². The predicted molar refractivity (Wildman–Crippen MR) is 50.0 cm³/mol. The van der Waals surface area contributed by atoms with Gasteiger partial charge in [0.15, 0.2) is 0 Å². The number of rotatable bonds is 1. The highest BCUT2D eigenvalue weighted by Gasteiger charge is 2.11. The fourth-order valence-electron chi connectivity index (χ4n) is 0.884. The van der Waals surface area contributed by atoms with Gasteiger partial charge in [0.05, 0.1) is 5.69 Å². The zero-order valence-electron chi connectivity index (χ0n) is 7.00. The van der Waals surface area contributed by atoms with E-state index in [1.807, 2.05) is 13.8 Å². The molecule has 0 aliphatic heterocycles. The lowest BCUT2D eigenvalue weighted by Crippen LogP contribution is -2.05. The molecule has 0 aliphatic rings. The lowest BCUT2D eigenvalue weighted by molar-refractivity contribution is 0.819. The van der Waals surface area contributed by atoms with Crippen molar-refractivity contribution in [1.82, 2.24) is 9.97 Å². The lowest BCUT2D eigenvalue weighted by atomic mass is 10.1. The van der Waals surface area contributed by atoms with Crippen LogP contribution in [0.15, 0.2) is 0 Å². The molecular formula is C7H11ClN4. The van der Waals surface area contributed by atoms with Gasteiger partial charge in [-0.1, -0.05) is 25.4 Å². The van der Waals surface area contributed by atoms with Crippen molar-refractivity contribution in [3.63, 3.8) is 0 Å². The first-order valence-corrected chi connectivity index (χ1v) is 3.98. The molecule has 4 N–H and O–H groups in total. The normalized spacial score (nSPS) is 10.7. The van der Waals surface area contributed by atoms with Crippen LogP contribution >= 0.6 is 11.6 Å². The predicted octanol–water partition coefficient (Wildman–Crippen LogP) is 1.42. The van der Waals surface area contributed by atoms with Crippen LogP contribution in [0, 0.1) is 0 Å². The number of nitrogen functional groups attached to an aromatic ring is 2. The number of nitrogens with zero attached hydrogens (tertiary/aromatic N) is 2. The van der Waals surface area contributed by atoms with Crippen LogP contribution in [0.3, 0.4) is 0 Å². The quantitative estimate of drug-likeness (QED) is 0.696. The van der Waals surface area contributed by atoms with E-state index in [0.29, 0.717) is 10.7 Å². The first kappa shape index (κ1) is 9.06. The summed E-state index contributed by atoms with van der Waals surface area (Å²) >= 11 is 5.85. The van der Waals surface area contributed by atoms with Crippen molar-refractivity contribution in [1.29, 1.82) is 0 Å². The lowest BCUT2D eigenvalue weighted by Gasteiger charge is -2.08. The first-order valence-electron chi connectivity index (χ1n) is 3.60. The van der Waals surface area contributed by atoms with Gasteiger partial charge in [0.2, 0.25) is 5.95 Å². The molecule has 0 radical (unpaired) electrons. The van der Waals surface area contributed by atoms with Crippen molar-refractivity contribution in [2.75, 3.05) is 11.5 Å². The molecular weight excluding hydrogens is 176 g/mol. The highest BCUT2D eigenvalue weighted by atomic mass is 35.5. The highest BCUT2D eigenvalue weighted by Crippen LogP contribution is 2.26. The number of aromatic nitrogens is 2. The molecule has 0 aliphatic carbocycles. The Hall–Kier alpha value is -1.03. The Morgan fingerprint density at radius 2 is 1.83 bits per heavy atom. The van der Waals surface area contributed by atoms with Crippen LogP contribution in [0.2, 0.25) is 5.02 Å². The van der Waals surface area contributed by atoms with Gasteiger partial charge in [0, 0.05) is 0 Å². The van der Waals surface area contributed by atoms with Crippen molar-refractivity contribution in [2.24, 2.45) is 0 Å². The summed E-state index contributed by atoms with van der Waals surface area (Å²) in [6.45, 7) is 3.93. The van der Waals surface area contributed by atoms with Gasteiger partial charge in [-0.3, -0.25) is 0 Å². The minimum absolute atomic E-state index is 0.167. The minimum Gasteiger partial charge on any atom is -0.382 e. The molecule has 0 saturated heterocycles. The van der Waals surface area contributed by atoms with E-state index < -0.39 is 0 Å². The summed E-state index contributed by atoms with van der Waals surface area (Å²) < 4.78 is 0. The van der Waals surface area contributed by atoms with Gasteiger partial charge in [-0.05, 0) is 5.92 Å². The second-order valence-corrected chi connectivity index (χ2v) is 3.20. The van der Waals surface area contributed by atoms with Crippen molar-refractivity contribution in [2.45, 2.75) is 19.8 Å². The molecule has 0 amide bonds. The second-order valence-electron chi connectivity index (χ2n) is 2.82. The minimum atomic E-state index is 0.167. The SMILES string of the molecule is CC(C)c1nc(N)nc(N)c1Cl. The third-order valence-electron chi connectivity index (χ3n) is 1.47. The molecule has 1 aromatic rings. The fourth-order valence-corrected chi connectivity index (χ4v) is 1.19. The summed E-state index contributed by atoms with van der Waals surface area (Å²) in [6, 6.07) is 0. The van der Waals surface area contributed by atoms with Crippen LogP contribution < -0.4 is 11.5 Å². The van der Waals surface area contributed by atoms with Gasteiger partial charge >= 0.3 is 0 Å². The Morgan fingerprint density at radius 1 is 1.25 bits per heavy atom. The average molecular weight is 187 g/mol. The molecule has 0 spiro atoms. The van der Waals surface area contributed by atoms with Crippen molar-refractivity contribution < 1.29 is 0 Å². The van der Waals surface area contributed by atoms with E-state index in [2.05, 4.69) is 9.97 Å². The van der Waals surface area contributed by atoms with Gasteiger partial charge in [-0.2, -0.15) is 4.98 Å². The number of halogens is 1. The van der Waals surface area contributed by atoms with Gasteiger partial charge in [-0.15, -0.1) is 0 Å². The molecule has 1 rings (SSSR count). The molecule has 12 heavy (non-hydrogen) atoms. The summed E-state index contributed by atoms with van der Waals surface area (Å²) in [6.07, 6.45) is 0. The summed E-state index contributed by atoms with van der Waals surface area (Å²) in [5, 5.41) is 0.402. The molecule has 0 saturated carbocycles. The van der Waals surface area contributed by atoms with E-state index in [9.17, 15) is 0 Å². The largest absolute Gasteiger partial charge is 0.382 e. The highest BCUT2D eigenvalue weighted by molar-refractivity contribution is 6.33. The number of anilines is 2. The van der Waals surface area contributed by atoms with Crippen LogP contribution in [0.5, 0.6) is 0 Å². The van der Waals surface area contributed by atoms with E-state index in [0.717, 1.165) is 0 Å². The van der Waals surface area contributed by atoms with Crippen LogP contribution in [0.1, 0.15) is 25.5 Å². The number of hydrogen-bond acceptors (Lipinski definition) is 4. The van der Waals surface area contributed by atoms with Crippen molar-refractivity contribution in [3.05, 3.63) is 10.7 Å². The van der Waals surface area contributed by atoms with Gasteiger partial charge in [-0.25, -0.2) is 4.98 Å². The van der Waals surface area contributed by atoms with Crippen LogP contribution in [-0.2, 0) is 0 Å². The third-order valence-corrected chi connectivity index (χ3v) is 1.85. The fraction of sp³-hybridized carbons (Fsp3) is 0.429. The molecule has 4 nitrogen and oxygen atoms in total. The summed E-state index contributed by atoms with van der Waals surface area (Å²) in [5.41, 5.74) is 11.6. The van der Waals surface area contributed by atoms with Crippen molar-refractivity contribution >= 4 is 23.4 Å². The molecule has 0 atom stereocenters. The van der Waals surface area contributed by atoms with Gasteiger partial charge in [0.25, 0.3) is 0 Å². The molecule has 0 fully saturated rings. The van der Waals surface area contributed by atoms with Crippen LogP contribution in [0.25, 0.3) is 0 Å². The summed E-state index contributed by atoms with van der Waals surface area (Å²) in [4.78, 5) is 7.72. The van der Waals surface area contributed by atoms with Crippen molar-refractivity contribution in [3.8, 4) is 0 Å². The Kier molecular flexibility index (Phi) is 2.38. The zero-order chi connectivity index (χ0) is 9.30. The zero-order valence-corrected chi connectivity index (χ0v) is 7.76. The van der Waals surface area contributed by atoms with E-state index >= 15 is 0 Å². The Balaban J connectivity index is 3.28. The Labute approximate surface area is 75.9 Å². The van der Waals surface area contributed by atoms with Crippen LogP contribution in [0.4, 0.5) is 11.8 Å². The Morgan fingerprint density at radius 3 is 2.33 bits per heavy atom. The van der Waals surface area contributed by atoms with Crippen LogP contribution in [-0.4, -0.2) is 9.97 Å². The standard InChI is InChI=1S/C7H11ClN4/c1-3(2)5-4(8)6(9)12-7(10)11-5/h3H,1-2H3,(H4,9,10,11,12). The van der Waals surface area contributed by atoms with E-state index in [-0.39, 0.29) is 17.7 Å². The average Bonchev–Trinajstić information content (AvgIpc) is 1.96. The maximum atomic E-state index is 5.85. The molecule has 0 unspecified atom stereocenters. The van der Waals surface area contributed by atoms with Gasteiger partial charge in [0.1, 0.15) is 10.8 Å². The number of hydrogen-bond donors (Lipinski definition) is 2. The maximum absolute atomic E-state index is 5.85. The molecule has 1 aromatic heterocycles. The molecule has 0 bridgehead atoms. The topological polar surface area (TPSA) is 77.8 Å². The summed E-state index contributed by atoms with van der Waals surface area (Å²) in [5.74, 6) is 0.610. The second kappa shape index (κ2) is 3.15. The number of nitrogens with two attached hydrogens (primary N) is 2. The molecule has 5 heteroatoms. The molecule has 0 aromatic carbocycles. The molecule has 1 heterocycles. The maximum Gasteiger partial charge on any atom is 0.222 e. The van der Waals surface area contributed by atoms with E-state index in [1.165, 1.54) is 0 Å². The van der Waals surface area contributed by atoms with E-state index in [1.54, 1.807) is 0 Å². The summed E-state index contributed by atoms with van der Waals surface area (Å²) in [7, 11) is 0. The monoisotopic (exact) mass is 186 g/mol. The smallest absolute Gasteiger partial charge is 0.222 e. The van der Waals surface area contributed by atoms with E-state index in [4.69, 9.17) is 23.1 Å². The third kappa shape index (κ3) is 1.58. The molecule has 66 valence electrons. The first-order chi connectivity index (χ1) is 5.52. The Bertz CT molecular complexity index is 298.